The fourth-order valence-corrected chi connectivity index (χ4v) is 1.25. The summed E-state index contributed by atoms with van der Waals surface area (Å²) in [5.41, 5.74) is 6.41. The molecule has 0 bridgehead atoms. The molecule has 0 saturated carbocycles. The first kappa shape index (κ1) is 10.3. The van der Waals surface area contributed by atoms with Crippen LogP contribution in [0.1, 0.15) is 11.5 Å². The van der Waals surface area contributed by atoms with E-state index in [4.69, 9.17) is 5.73 Å². The lowest BCUT2D eigenvalue weighted by molar-refractivity contribution is 0.948. The molecule has 2 aromatic rings. The molecule has 82 valence electrons. The lowest BCUT2D eigenvalue weighted by Crippen LogP contribution is -2.05. The van der Waals surface area contributed by atoms with Crippen LogP contribution in [0.25, 0.3) is 0 Å². The van der Waals surface area contributed by atoms with Crippen LogP contribution < -0.4 is 11.1 Å². The summed E-state index contributed by atoms with van der Waals surface area (Å²) in [6.07, 6.45) is 4.84. The normalized spacial score (nSPS) is 10.1. The molecule has 6 heteroatoms. The van der Waals surface area contributed by atoms with Crippen molar-refractivity contribution in [3.8, 4) is 0 Å². The van der Waals surface area contributed by atoms with Gasteiger partial charge in [-0.15, -0.1) is 0 Å². The van der Waals surface area contributed by atoms with Crippen LogP contribution in [0.2, 0.25) is 0 Å². The van der Waals surface area contributed by atoms with Crippen LogP contribution in [0.15, 0.2) is 24.7 Å². The molecule has 2 rings (SSSR count). The van der Waals surface area contributed by atoms with Gasteiger partial charge in [0, 0.05) is 6.20 Å². The Bertz CT molecular complexity index is 439. The molecule has 0 fully saturated rings. The number of aryl methyl sites for hydroxylation is 1. The molecule has 0 aliphatic rings. The van der Waals surface area contributed by atoms with E-state index in [1.165, 1.54) is 6.20 Å². The zero-order chi connectivity index (χ0) is 11.4. The third-order valence-electron chi connectivity index (χ3n) is 1.94. The lowest BCUT2D eigenvalue weighted by Gasteiger charge is -2.05. The summed E-state index contributed by atoms with van der Waals surface area (Å²) in [7, 11) is 0. The van der Waals surface area contributed by atoms with Crippen LogP contribution in [0.3, 0.4) is 0 Å². The number of aromatic nitrogens is 4. The largest absolute Gasteiger partial charge is 0.382 e. The van der Waals surface area contributed by atoms with Crippen molar-refractivity contribution >= 4 is 11.6 Å². The number of nitrogen functional groups attached to an aromatic ring is 1. The van der Waals surface area contributed by atoms with Gasteiger partial charge in [-0.2, -0.15) is 0 Å². The first-order chi connectivity index (χ1) is 7.74. The Kier molecular flexibility index (Phi) is 2.90. The molecule has 0 spiro atoms. The Hall–Kier alpha value is -2.24. The van der Waals surface area contributed by atoms with Crippen molar-refractivity contribution < 1.29 is 0 Å². The topological polar surface area (TPSA) is 89.6 Å². The van der Waals surface area contributed by atoms with Crippen molar-refractivity contribution in [1.29, 1.82) is 0 Å². The molecular weight excluding hydrogens is 204 g/mol. The number of anilines is 2. The average Bonchev–Trinajstić information content (AvgIpc) is 2.27. The van der Waals surface area contributed by atoms with Crippen molar-refractivity contribution in [3.63, 3.8) is 0 Å². The summed E-state index contributed by atoms with van der Waals surface area (Å²) in [6, 6.07) is 1.85. The van der Waals surface area contributed by atoms with Gasteiger partial charge in [-0.25, -0.2) is 15.0 Å². The highest BCUT2D eigenvalue weighted by Gasteiger charge is 1.98. The molecule has 6 nitrogen and oxygen atoms in total. The second kappa shape index (κ2) is 4.52. The van der Waals surface area contributed by atoms with E-state index in [0.717, 1.165) is 11.5 Å². The fourth-order valence-electron chi connectivity index (χ4n) is 1.25. The average molecular weight is 216 g/mol. The zero-order valence-corrected chi connectivity index (χ0v) is 8.88. The summed E-state index contributed by atoms with van der Waals surface area (Å²) < 4.78 is 0. The molecule has 0 saturated heterocycles. The van der Waals surface area contributed by atoms with Gasteiger partial charge >= 0.3 is 0 Å². The van der Waals surface area contributed by atoms with Gasteiger partial charge in [0.1, 0.15) is 17.5 Å². The molecule has 0 amide bonds. The third kappa shape index (κ3) is 2.63. The molecule has 2 aromatic heterocycles. The van der Waals surface area contributed by atoms with E-state index in [1.807, 2.05) is 13.0 Å². The molecule has 3 N–H and O–H groups in total. The van der Waals surface area contributed by atoms with E-state index in [0.29, 0.717) is 18.2 Å². The minimum atomic E-state index is 0.392. The van der Waals surface area contributed by atoms with Crippen LogP contribution in [0.5, 0.6) is 0 Å². The van der Waals surface area contributed by atoms with Crippen LogP contribution in [-0.4, -0.2) is 19.9 Å². The molecule has 16 heavy (non-hydrogen) atoms. The fraction of sp³-hybridized carbons (Fsp3) is 0.200. The Morgan fingerprint density at radius 2 is 2.19 bits per heavy atom. The Labute approximate surface area is 93.0 Å². The number of nitrogens with zero attached hydrogens (tertiary/aromatic N) is 4. The highest BCUT2D eigenvalue weighted by Crippen LogP contribution is 2.04. The minimum absolute atomic E-state index is 0.392. The maximum Gasteiger partial charge on any atom is 0.147 e. The van der Waals surface area contributed by atoms with Gasteiger partial charge in [0.25, 0.3) is 0 Å². The minimum Gasteiger partial charge on any atom is -0.382 e. The van der Waals surface area contributed by atoms with Gasteiger partial charge in [0.05, 0.1) is 24.6 Å². The smallest absolute Gasteiger partial charge is 0.147 e. The molecule has 0 unspecified atom stereocenters. The quantitative estimate of drug-likeness (QED) is 0.787. The number of rotatable bonds is 3. The third-order valence-corrected chi connectivity index (χ3v) is 1.94. The van der Waals surface area contributed by atoms with E-state index >= 15 is 0 Å². The maximum atomic E-state index is 5.51. The second-order valence-corrected chi connectivity index (χ2v) is 3.28. The van der Waals surface area contributed by atoms with Crippen LogP contribution >= 0.6 is 0 Å². The lowest BCUT2D eigenvalue weighted by atomic mass is 10.4. The number of hydrogen-bond acceptors (Lipinski definition) is 6. The molecule has 0 radical (unpaired) electrons. The summed E-state index contributed by atoms with van der Waals surface area (Å²) >= 11 is 0. The summed E-state index contributed by atoms with van der Waals surface area (Å²) in [5, 5.41) is 3.09. The Morgan fingerprint density at radius 3 is 2.94 bits per heavy atom. The zero-order valence-electron chi connectivity index (χ0n) is 8.88. The SMILES string of the molecule is Cc1nccc(CNc2cncc(N)n2)n1. The second-order valence-electron chi connectivity index (χ2n) is 3.28. The van der Waals surface area contributed by atoms with Crippen molar-refractivity contribution in [1.82, 2.24) is 19.9 Å². The summed E-state index contributed by atoms with van der Waals surface area (Å²) in [6.45, 7) is 2.42. The van der Waals surface area contributed by atoms with Gasteiger partial charge in [0.2, 0.25) is 0 Å². The van der Waals surface area contributed by atoms with E-state index in [2.05, 4.69) is 25.3 Å². The Balaban J connectivity index is 2.02. The van der Waals surface area contributed by atoms with Crippen molar-refractivity contribution in [3.05, 3.63) is 36.2 Å². The standard InChI is InChI=1S/C10H12N6/c1-7-13-3-2-8(15-7)4-14-10-6-12-5-9(11)16-10/h2-3,5-6H,4H2,1H3,(H3,11,14,16). The van der Waals surface area contributed by atoms with Gasteiger partial charge in [-0.1, -0.05) is 0 Å². The predicted molar refractivity (Wildman–Crippen MR) is 60.5 cm³/mol. The van der Waals surface area contributed by atoms with Gasteiger partial charge in [0.15, 0.2) is 0 Å². The first-order valence-corrected chi connectivity index (χ1v) is 4.84. The number of hydrogen-bond donors (Lipinski definition) is 2. The van der Waals surface area contributed by atoms with E-state index < -0.39 is 0 Å². The van der Waals surface area contributed by atoms with E-state index in [-0.39, 0.29) is 0 Å². The number of nitrogens with one attached hydrogen (secondary N) is 1. The van der Waals surface area contributed by atoms with Crippen LogP contribution in [0, 0.1) is 6.92 Å². The highest BCUT2D eigenvalue weighted by atomic mass is 15.0. The van der Waals surface area contributed by atoms with Crippen LogP contribution in [0.4, 0.5) is 11.6 Å². The predicted octanol–water partition coefficient (Wildman–Crippen LogP) is 0.769. The molecular formula is C10H12N6. The molecule has 0 atom stereocenters. The Morgan fingerprint density at radius 1 is 1.31 bits per heavy atom. The first-order valence-electron chi connectivity index (χ1n) is 4.84. The number of nitrogens with two attached hydrogens (primary N) is 1. The van der Waals surface area contributed by atoms with Gasteiger partial charge in [-0.3, -0.25) is 4.98 Å². The summed E-state index contributed by atoms with van der Waals surface area (Å²) in [4.78, 5) is 16.3. The van der Waals surface area contributed by atoms with Crippen molar-refractivity contribution in [2.24, 2.45) is 0 Å². The highest BCUT2D eigenvalue weighted by molar-refractivity contribution is 5.38. The van der Waals surface area contributed by atoms with Gasteiger partial charge in [-0.05, 0) is 13.0 Å². The van der Waals surface area contributed by atoms with E-state index in [9.17, 15) is 0 Å². The van der Waals surface area contributed by atoms with E-state index in [1.54, 1.807) is 12.4 Å². The monoisotopic (exact) mass is 216 g/mol. The van der Waals surface area contributed by atoms with Crippen molar-refractivity contribution in [2.45, 2.75) is 13.5 Å². The van der Waals surface area contributed by atoms with Crippen LogP contribution in [-0.2, 0) is 6.54 Å². The maximum absolute atomic E-state index is 5.51. The van der Waals surface area contributed by atoms with Gasteiger partial charge < -0.3 is 11.1 Å². The summed E-state index contributed by atoms with van der Waals surface area (Å²) in [5.74, 6) is 1.78. The molecule has 0 aliphatic carbocycles. The van der Waals surface area contributed by atoms with Crippen molar-refractivity contribution in [2.75, 3.05) is 11.1 Å². The molecule has 0 aliphatic heterocycles. The molecule has 0 aromatic carbocycles. The molecule has 2 heterocycles.